The summed E-state index contributed by atoms with van der Waals surface area (Å²) in [5.74, 6) is -1.94. The summed E-state index contributed by atoms with van der Waals surface area (Å²) in [7, 11) is 0. The van der Waals surface area contributed by atoms with Crippen molar-refractivity contribution in [2.45, 2.75) is 41.2 Å². The Balaban J connectivity index is 1.89. The maximum atomic E-state index is 12.4. The van der Waals surface area contributed by atoms with E-state index in [4.69, 9.17) is 14.2 Å². The Labute approximate surface area is 196 Å². The van der Waals surface area contributed by atoms with Crippen molar-refractivity contribution in [2.24, 2.45) is 4.99 Å². The molecule has 0 N–H and O–H groups in total. The summed E-state index contributed by atoms with van der Waals surface area (Å²) in [5.41, 5.74) is 3.31. The smallest absolute Gasteiger partial charge is 0.365 e. The summed E-state index contributed by atoms with van der Waals surface area (Å²) >= 11 is 0. The number of benzene rings is 2. The van der Waals surface area contributed by atoms with Gasteiger partial charge in [-0.25, -0.2) is 9.79 Å². The summed E-state index contributed by atoms with van der Waals surface area (Å²) in [5, 5.41) is 0. The molecule has 1 amide bonds. The number of carbonyl (C=O) groups excluding carboxylic acids is 4. The number of amides is 1. The van der Waals surface area contributed by atoms with Gasteiger partial charge in [0.2, 0.25) is 11.8 Å². The van der Waals surface area contributed by atoms with Crippen molar-refractivity contribution < 1.29 is 33.4 Å². The second-order valence-electron chi connectivity index (χ2n) is 7.74. The summed E-state index contributed by atoms with van der Waals surface area (Å²) in [4.78, 5) is 53.0. The van der Waals surface area contributed by atoms with Gasteiger partial charge in [-0.15, -0.1) is 0 Å². The molecule has 1 heterocycles. The molecule has 2 aromatic rings. The van der Waals surface area contributed by atoms with Crippen LogP contribution in [-0.2, 0) is 30.5 Å². The first-order valence-electron chi connectivity index (χ1n) is 10.4. The van der Waals surface area contributed by atoms with Gasteiger partial charge in [0.05, 0.1) is 6.54 Å². The molecule has 3 rings (SSSR count). The minimum Gasteiger partial charge on any atom is -0.423 e. The minimum absolute atomic E-state index is 0.0276. The summed E-state index contributed by atoms with van der Waals surface area (Å²) < 4.78 is 15.5. The Bertz CT molecular complexity index is 1240. The highest BCUT2D eigenvalue weighted by Crippen LogP contribution is 2.30. The first kappa shape index (κ1) is 24.4. The van der Waals surface area contributed by atoms with Crippen LogP contribution in [0.1, 0.15) is 43.0 Å². The second kappa shape index (κ2) is 10.1. The lowest BCUT2D eigenvalue weighted by Crippen LogP contribution is -2.23. The zero-order valence-electron chi connectivity index (χ0n) is 19.5. The fourth-order valence-corrected chi connectivity index (χ4v) is 3.11. The third kappa shape index (κ3) is 5.94. The lowest BCUT2D eigenvalue weighted by atomic mass is 10.1. The number of cyclic esters (lactones) is 1. The van der Waals surface area contributed by atoms with Crippen LogP contribution in [0.2, 0.25) is 0 Å². The first-order valence-corrected chi connectivity index (χ1v) is 10.4. The van der Waals surface area contributed by atoms with Crippen LogP contribution in [0.3, 0.4) is 0 Å². The Hall–Kier alpha value is -4.27. The highest BCUT2D eigenvalue weighted by Gasteiger charge is 2.26. The predicted molar refractivity (Wildman–Crippen MR) is 122 cm³/mol. The molecule has 0 saturated carbocycles. The Kier molecular flexibility index (Phi) is 7.25. The van der Waals surface area contributed by atoms with E-state index in [1.165, 1.54) is 44.0 Å². The summed E-state index contributed by atoms with van der Waals surface area (Å²) in [6, 6.07) is 10.1. The van der Waals surface area contributed by atoms with Crippen molar-refractivity contribution in [1.82, 2.24) is 4.90 Å². The van der Waals surface area contributed by atoms with Crippen molar-refractivity contribution in [3.05, 3.63) is 70.5 Å². The fourth-order valence-electron chi connectivity index (χ4n) is 3.11. The molecule has 0 aliphatic carbocycles. The topological polar surface area (TPSA) is 112 Å². The molecule has 34 heavy (non-hydrogen) atoms. The molecule has 0 atom stereocenters. The van der Waals surface area contributed by atoms with Crippen molar-refractivity contribution in [1.29, 1.82) is 0 Å². The van der Waals surface area contributed by atoms with Gasteiger partial charge in [-0.1, -0.05) is 12.1 Å². The number of hydrogen-bond acceptors (Lipinski definition) is 8. The number of carbonyl (C=O) groups is 4. The van der Waals surface area contributed by atoms with Crippen LogP contribution >= 0.6 is 0 Å². The third-order valence-corrected chi connectivity index (χ3v) is 4.93. The van der Waals surface area contributed by atoms with Gasteiger partial charge in [0, 0.05) is 32.5 Å². The first-order chi connectivity index (χ1) is 16.0. The number of hydrogen-bond donors (Lipinski definition) is 0. The van der Waals surface area contributed by atoms with Gasteiger partial charge in [-0.2, -0.15) is 0 Å². The van der Waals surface area contributed by atoms with Crippen LogP contribution in [-0.4, -0.2) is 34.6 Å². The van der Waals surface area contributed by atoms with E-state index in [9.17, 15) is 19.2 Å². The Morgan fingerprint density at radius 3 is 2.24 bits per heavy atom. The molecule has 0 unspecified atom stereocenters. The Morgan fingerprint density at radius 1 is 0.941 bits per heavy atom. The molecular weight excluding hydrogens is 440 g/mol. The van der Waals surface area contributed by atoms with Gasteiger partial charge in [0.1, 0.15) is 0 Å². The van der Waals surface area contributed by atoms with Crippen LogP contribution in [0, 0.1) is 13.8 Å². The van der Waals surface area contributed by atoms with Crippen LogP contribution in [0.5, 0.6) is 11.5 Å². The van der Waals surface area contributed by atoms with Gasteiger partial charge < -0.3 is 19.1 Å². The molecule has 2 aromatic carbocycles. The fraction of sp³-hybridized carbons (Fsp3) is 0.240. The van der Waals surface area contributed by atoms with Crippen LogP contribution in [0.25, 0.3) is 0 Å². The molecular formula is C25H24N2O7. The van der Waals surface area contributed by atoms with Gasteiger partial charge in [-0.05, 0) is 54.8 Å². The monoisotopic (exact) mass is 464 g/mol. The molecule has 9 nitrogen and oxygen atoms in total. The number of aliphatic imine (C=N–C) groups is 1. The number of nitrogens with zero attached hydrogens (tertiary/aromatic N) is 2. The normalized spacial score (nSPS) is 13.9. The van der Waals surface area contributed by atoms with Crippen LogP contribution in [0.15, 0.2) is 53.3 Å². The zero-order chi connectivity index (χ0) is 25.0. The second-order valence-corrected chi connectivity index (χ2v) is 7.74. The van der Waals surface area contributed by atoms with E-state index in [-0.39, 0.29) is 35.5 Å². The largest absolute Gasteiger partial charge is 0.423 e. The van der Waals surface area contributed by atoms with Crippen molar-refractivity contribution >= 4 is 29.7 Å². The predicted octanol–water partition coefficient (Wildman–Crippen LogP) is 3.35. The molecule has 0 bridgehead atoms. The molecule has 0 radical (unpaired) electrons. The van der Waals surface area contributed by atoms with Gasteiger partial charge in [0.25, 0.3) is 0 Å². The van der Waals surface area contributed by atoms with E-state index < -0.39 is 17.9 Å². The van der Waals surface area contributed by atoms with E-state index >= 15 is 0 Å². The number of rotatable bonds is 6. The van der Waals surface area contributed by atoms with E-state index in [0.717, 1.165) is 11.1 Å². The van der Waals surface area contributed by atoms with E-state index in [1.54, 1.807) is 12.1 Å². The van der Waals surface area contributed by atoms with E-state index in [2.05, 4.69) is 4.99 Å². The van der Waals surface area contributed by atoms with E-state index in [1.807, 2.05) is 26.0 Å². The summed E-state index contributed by atoms with van der Waals surface area (Å²) in [6.45, 7) is 7.74. The third-order valence-electron chi connectivity index (χ3n) is 4.93. The van der Waals surface area contributed by atoms with Gasteiger partial charge in [0.15, 0.2) is 17.2 Å². The van der Waals surface area contributed by atoms with Crippen molar-refractivity contribution in [3.63, 3.8) is 0 Å². The average Bonchev–Trinajstić information content (AvgIpc) is 3.11. The lowest BCUT2D eigenvalue weighted by molar-refractivity contribution is -0.134. The van der Waals surface area contributed by atoms with Crippen molar-refractivity contribution in [2.75, 3.05) is 0 Å². The lowest BCUT2D eigenvalue weighted by Gasteiger charge is -2.18. The zero-order valence-corrected chi connectivity index (χ0v) is 19.5. The van der Waals surface area contributed by atoms with Gasteiger partial charge in [-0.3, -0.25) is 14.4 Å². The summed E-state index contributed by atoms with van der Waals surface area (Å²) in [6.07, 6.45) is 1.31. The van der Waals surface area contributed by atoms with Crippen LogP contribution in [0.4, 0.5) is 0 Å². The molecule has 176 valence electrons. The molecule has 1 aliphatic heterocycles. The quantitative estimate of drug-likeness (QED) is 0.366. The Morgan fingerprint density at radius 2 is 1.62 bits per heavy atom. The number of aryl methyl sites for hydroxylation is 2. The highest BCUT2D eigenvalue weighted by molar-refractivity contribution is 6.11. The van der Waals surface area contributed by atoms with Crippen molar-refractivity contribution in [3.8, 4) is 11.5 Å². The SMILES string of the molecule is CC(=O)Oc1ccc(CN(/C=C2/N=C(c3ccc(C)c(C)c3)OC2=O)C(C)=O)cc1OC(C)=O. The molecule has 1 aliphatic rings. The van der Waals surface area contributed by atoms with Crippen LogP contribution < -0.4 is 9.47 Å². The standard InChI is InChI=1S/C25H24N2O7/c1-14-6-8-20(10-15(14)2)24-26-21(25(31)34-24)13-27(16(3)28)12-19-7-9-22(32-17(4)29)23(11-19)33-18(5)30/h6-11,13H,12H2,1-5H3/b21-13+. The molecule has 9 heteroatoms. The number of esters is 3. The van der Waals surface area contributed by atoms with E-state index in [0.29, 0.717) is 11.1 Å². The maximum absolute atomic E-state index is 12.4. The highest BCUT2D eigenvalue weighted by atomic mass is 16.6. The van der Waals surface area contributed by atoms with Gasteiger partial charge >= 0.3 is 17.9 Å². The molecule has 0 spiro atoms. The molecule has 0 saturated heterocycles. The molecule has 0 fully saturated rings. The maximum Gasteiger partial charge on any atom is 0.365 e. The number of ether oxygens (including phenoxy) is 3. The molecule has 0 aromatic heterocycles. The minimum atomic E-state index is -0.676. The average molecular weight is 464 g/mol.